The molecule has 1 N–H and O–H groups in total. The Morgan fingerprint density at radius 1 is 0.939 bits per heavy atom. The van der Waals surface area contributed by atoms with Crippen molar-refractivity contribution in [2.45, 2.75) is 6.61 Å². The first-order chi connectivity index (χ1) is 15.9. The fourth-order valence-corrected chi connectivity index (χ4v) is 3.50. The monoisotopic (exact) mass is 506 g/mol. The zero-order chi connectivity index (χ0) is 23.4. The van der Waals surface area contributed by atoms with Crippen LogP contribution in [-0.2, 0) is 16.2 Å². The number of hydrogen-bond donors (Lipinski definition) is 1. The van der Waals surface area contributed by atoms with E-state index in [9.17, 15) is 14.4 Å². The van der Waals surface area contributed by atoms with E-state index in [-0.39, 0.29) is 5.57 Å². The first-order valence-electron chi connectivity index (χ1n) is 9.97. The number of benzene rings is 3. The third-order valence-electron chi connectivity index (χ3n) is 4.92. The number of carbonyl (C=O) groups is 3. The molecule has 7 nitrogen and oxygen atoms in total. The van der Waals surface area contributed by atoms with Gasteiger partial charge in [0.25, 0.3) is 11.8 Å². The van der Waals surface area contributed by atoms with Crippen LogP contribution in [0.3, 0.4) is 0 Å². The molecule has 0 aromatic heterocycles. The van der Waals surface area contributed by atoms with E-state index in [1.807, 2.05) is 24.3 Å². The average Bonchev–Trinajstić information content (AvgIpc) is 2.82. The van der Waals surface area contributed by atoms with E-state index in [4.69, 9.17) is 9.47 Å². The van der Waals surface area contributed by atoms with Gasteiger partial charge in [0.1, 0.15) is 23.7 Å². The van der Waals surface area contributed by atoms with Crippen molar-refractivity contribution in [3.8, 4) is 11.5 Å². The number of rotatable bonds is 6. The summed E-state index contributed by atoms with van der Waals surface area (Å²) in [6, 6.07) is 20.4. The van der Waals surface area contributed by atoms with Crippen molar-refractivity contribution < 1.29 is 23.9 Å². The van der Waals surface area contributed by atoms with Gasteiger partial charge >= 0.3 is 6.03 Å². The molecule has 3 aromatic rings. The minimum absolute atomic E-state index is 0.157. The fraction of sp³-hybridized carbons (Fsp3) is 0.0800. The number of nitrogens with one attached hydrogen (secondary N) is 1. The Hall–Kier alpha value is -3.91. The summed E-state index contributed by atoms with van der Waals surface area (Å²) in [6.45, 7) is 0.368. The minimum Gasteiger partial charge on any atom is -0.497 e. The second-order valence-electron chi connectivity index (χ2n) is 7.14. The van der Waals surface area contributed by atoms with Gasteiger partial charge in [-0.15, -0.1) is 0 Å². The van der Waals surface area contributed by atoms with Gasteiger partial charge in [0, 0.05) is 4.47 Å². The molecule has 0 spiro atoms. The van der Waals surface area contributed by atoms with Gasteiger partial charge in [-0.3, -0.25) is 14.9 Å². The summed E-state index contributed by atoms with van der Waals surface area (Å²) in [4.78, 5) is 38.7. The van der Waals surface area contributed by atoms with Crippen molar-refractivity contribution in [2.24, 2.45) is 0 Å². The number of methoxy groups -OCH3 is 1. The zero-order valence-electron chi connectivity index (χ0n) is 17.6. The van der Waals surface area contributed by atoms with Crippen molar-refractivity contribution in [1.82, 2.24) is 5.32 Å². The molecule has 1 aliphatic heterocycles. The number of carbonyl (C=O) groups excluding carboxylic acids is 3. The number of amides is 4. The molecular formula is C25H19BrN2O5. The predicted octanol–water partition coefficient (Wildman–Crippen LogP) is 4.70. The van der Waals surface area contributed by atoms with Gasteiger partial charge in [0.05, 0.1) is 12.8 Å². The van der Waals surface area contributed by atoms with E-state index in [0.29, 0.717) is 29.4 Å². The van der Waals surface area contributed by atoms with Crippen molar-refractivity contribution in [3.63, 3.8) is 0 Å². The van der Waals surface area contributed by atoms with E-state index in [1.54, 1.807) is 48.5 Å². The first kappa shape index (κ1) is 22.3. The number of halogens is 1. The number of anilines is 1. The molecule has 0 aliphatic carbocycles. The molecule has 33 heavy (non-hydrogen) atoms. The molecule has 166 valence electrons. The normalized spacial score (nSPS) is 14.9. The summed E-state index contributed by atoms with van der Waals surface area (Å²) >= 11 is 3.40. The number of imide groups is 2. The molecular weight excluding hydrogens is 488 g/mol. The summed E-state index contributed by atoms with van der Waals surface area (Å²) < 4.78 is 11.9. The van der Waals surface area contributed by atoms with Crippen LogP contribution in [0.5, 0.6) is 11.5 Å². The smallest absolute Gasteiger partial charge is 0.335 e. The van der Waals surface area contributed by atoms with E-state index < -0.39 is 17.8 Å². The maximum atomic E-state index is 13.0. The molecule has 8 heteroatoms. The van der Waals surface area contributed by atoms with Crippen molar-refractivity contribution in [2.75, 3.05) is 12.0 Å². The lowest BCUT2D eigenvalue weighted by Gasteiger charge is -2.26. The Morgan fingerprint density at radius 2 is 1.67 bits per heavy atom. The van der Waals surface area contributed by atoms with Crippen LogP contribution in [0.2, 0.25) is 0 Å². The van der Waals surface area contributed by atoms with Gasteiger partial charge in [0.2, 0.25) is 0 Å². The van der Waals surface area contributed by atoms with Crippen LogP contribution in [0.4, 0.5) is 10.5 Å². The molecule has 1 heterocycles. The Morgan fingerprint density at radius 3 is 2.36 bits per heavy atom. The van der Waals surface area contributed by atoms with E-state index >= 15 is 0 Å². The maximum absolute atomic E-state index is 13.0. The molecule has 0 atom stereocenters. The molecule has 1 saturated heterocycles. The molecule has 0 bridgehead atoms. The molecule has 1 aliphatic rings. The third-order valence-corrected chi connectivity index (χ3v) is 5.45. The Bertz CT molecular complexity index is 1240. The predicted molar refractivity (Wildman–Crippen MR) is 127 cm³/mol. The summed E-state index contributed by atoms with van der Waals surface area (Å²) in [5.41, 5.74) is 1.75. The minimum atomic E-state index is -0.807. The largest absolute Gasteiger partial charge is 0.497 e. The highest BCUT2D eigenvalue weighted by atomic mass is 79.9. The van der Waals surface area contributed by atoms with Crippen LogP contribution in [-0.4, -0.2) is 25.0 Å². The topological polar surface area (TPSA) is 84.9 Å². The van der Waals surface area contributed by atoms with Crippen LogP contribution in [0.25, 0.3) is 6.08 Å². The number of nitrogens with zero attached hydrogens (tertiary/aromatic N) is 1. The van der Waals surface area contributed by atoms with Crippen LogP contribution in [0.1, 0.15) is 11.1 Å². The quantitative estimate of drug-likeness (QED) is 0.386. The SMILES string of the molecule is COc1ccc(N2C(=O)NC(=O)/C(=C/c3cccc(OCc4ccc(Br)cc4)c3)C2=O)cc1. The second kappa shape index (κ2) is 9.70. The Labute approximate surface area is 198 Å². The summed E-state index contributed by atoms with van der Waals surface area (Å²) in [5, 5.41) is 2.22. The maximum Gasteiger partial charge on any atom is 0.335 e. The lowest BCUT2D eigenvalue weighted by Crippen LogP contribution is -2.54. The molecule has 4 amide bonds. The highest BCUT2D eigenvalue weighted by molar-refractivity contribution is 9.10. The summed E-state index contributed by atoms with van der Waals surface area (Å²) in [5.74, 6) is -0.305. The van der Waals surface area contributed by atoms with Crippen molar-refractivity contribution in [1.29, 1.82) is 0 Å². The van der Waals surface area contributed by atoms with Crippen LogP contribution < -0.4 is 19.7 Å². The van der Waals surface area contributed by atoms with Crippen molar-refractivity contribution in [3.05, 3.63) is 94.0 Å². The van der Waals surface area contributed by atoms with Gasteiger partial charge in [-0.1, -0.05) is 40.2 Å². The van der Waals surface area contributed by atoms with E-state index in [2.05, 4.69) is 21.2 Å². The fourth-order valence-electron chi connectivity index (χ4n) is 3.23. The Kier molecular flexibility index (Phi) is 6.55. The molecule has 0 unspecified atom stereocenters. The number of barbiturate groups is 1. The Balaban J connectivity index is 1.55. The van der Waals surface area contributed by atoms with Gasteiger partial charge in [0.15, 0.2) is 0 Å². The molecule has 0 radical (unpaired) electrons. The van der Waals surface area contributed by atoms with E-state index in [1.165, 1.54) is 13.2 Å². The second-order valence-corrected chi connectivity index (χ2v) is 8.06. The highest BCUT2D eigenvalue weighted by Gasteiger charge is 2.36. The highest BCUT2D eigenvalue weighted by Crippen LogP contribution is 2.25. The first-order valence-corrected chi connectivity index (χ1v) is 10.8. The zero-order valence-corrected chi connectivity index (χ0v) is 19.2. The average molecular weight is 507 g/mol. The summed E-state index contributed by atoms with van der Waals surface area (Å²) in [7, 11) is 1.52. The summed E-state index contributed by atoms with van der Waals surface area (Å²) in [6.07, 6.45) is 1.44. The van der Waals surface area contributed by atoms with E-state index in [0.717, 1.165) is 14.9 Å². The molecule has 3 aromatic carbocycles. The van der Waals surface area contributed by atoms with Gasteiger partial charge in [-0.2, -0.15) is 0 Å². The van der Waals surface area contributed by atoms with Crippen LogP contribution in [0, 0.1) is 0 Å². The standard InChI is InChI=1S/C25H19BrN2O5/c1-32-20-11-9-19(10-12-20)28-24(30)22(23(29)27-25(28)31)14-17-3-2-4-21(13-17)33-15-16-5-7-18(26)8-6-16/h2-14H,15H2,1H3,(H,27,29,31)/b22-14-. The van der Waals surface area contributed by atoms with Crippen LogP contribution in [0.15, 0.2) is 82.8 Å². The number of ether oxygens (including phenoxy) is 2. The number of urea groups is 1. The molecule has 4 rings (SSSR count). The van der Waals surface area contributed by atoms with Gasteiger partial charge in [-0.05, 0) is 65.7 Å². The number of hydrogen-bond acceptors (Lipinski definition) is 5. The lowest BCUT2D eigenvalue weighted by molar-refractivity contribution is -0.122. The lowest BCUT2D eigenvalue weighted by atomic mass is 10.1. The van der Waals surface area contributed by atoms with Crippen LogP contribution >= 0.6 is 15.9 Å². The van der Waals surface area contributed by atoms with Gasteiger partial charge < -0.3 is 9.47 Å². The van der Waals surface area contributed by atoms with Crippen molar-refractivity contribution >= 4 is 45.5 Å². The van der Waals surface area contributed by atoms with Gasteiger partial charge in [-0.25, -0.2) is 9.69 Å². The molecule has 1 fully saturated rings. The third kappa shape index (κ3) is 5.12. The molecule has 0 saturated carbocycles.